The zero-order valence-electron chi connectivity index (χ0n) is 9.02. The standard InChI is InChI=1S/C13H12BClO/c1-10-2-4-11(5-3-10)14(16)12-6-8-13(15)9-7-12/h2-9,16H,1H3. The first-order chi connectivity index (χ1) is 7.66. The van der Waals surface area contributed by atoms with Gasteiger partial charge in [0.15, 0.2) is 0 Å². The van der Waals surface area contributed by atoms with Crippen molar-refractivity contribution in [1.29, 1.82) is 0 Å². The Labute approximate surface area is 101 Å². The second kappa shape index (κ2) is 4.73. The Kier molecular flexibility index (Phi) is 3.32. The van der Waals surface area contributed by atoms with Crippen molar-refractivity contribution in [3.05, 3.63) is 59.1 Å². The molecular formula is C13H12BClO. The molecule has 80 valence electrons. The van der Waals surface area contributed by atoms with Gasteiger partial charge in [-0.1, -0.05) is 53.6 Å². The van der Waals surface area contributed by atoms with Crippen LogP contribution in [0, 0.1) is 6.92 Å². The van der Waals surface area contributed by atoms with E-state index in [1.165, 1.54) is 5.56 Å². The Balaban J connectivity index is 2.28. The van der Waals surface area contributed by atoms with Gasteiger partial charge in [-0.3, -0.25) is 0 Å². The topological polar surface area (TPSA) is 20.2 Å². The summed E-state index contributed by atoms with van der Waals surface area (Å²) in [7, 11) is 0. The minimum Gasteiger partial charge on any atom is -0.443 e. The van der Waals surface area contributed by atoms with Crippen LogP contribution in [0.1, 0.15) is 5.56 Å². The summed E-state index contributed by atoms with van der Waals surface area (Å²) in [4.78, 5) is 0. The number of hydrogen-bond donors (Lipinski definition) is 1. The molecule has 0 unspecified atom stereocenters. The van der Waals surface area contributed by atoms with Gasteiger partial charge in [-0.05, 0) is 30.0 Å². The van der Waals surface area contributed by atoms with E-state index in [4.69, 9.17) is 11.6 Å². The van der Waals surface area contributed by atoms with E-state index < -0.39 is 6.92 Å². The van der Waals surface area contributed by atoms with Crippen molar-refractivity contribution in [3.63, 3.8) is 0 Å². The van der Waals surface area contributed by atoms with E-state index in [-0.39, 0.29) is 0 Å². The summed E-state index contributed by atoms with van der Waals surface area (Å²) < 4.78 is 0. The Bertz CT molecular complexity index is 419. The first-order valence-corrected chi connectivity index (χ1v) is 5.55. The van der Waals surface area contributed by atoms with Crippen molar-refractivity contribution in [3.8, 4) is 0 Å². The Morgan fingerprint density at radius 1 is 0.875 bits per heavy atom. The van der Waals surface area contributed by atoms with E-state index in [1.54, 1.807) is 12.1 Å². The van der Waals surface area contributed by atoms with Gasteiger partial charge in [0.1, 0.15) is 0 Å². The Hall–Kier alpha value is -1.25. The minimum absolute atomic E-state index is 0.585. The van der Waals surface area contributed by atoms with Gasteiger partial charge >= 0.3 is 6.92 Å². The van der Waals surface area contributed by atoms with Gasteiger partial charge in [0.25, 0.3) is 0 Å². The molecule has 0 radical (unpaired) electrons. The normalized spacial score (nSPS) is 10.2. The number of hydrogen-bond acceptors (Lipinski definition) is 1. The molecule has 0 heterocycles. The molecule has 0 saturated carbocycles. The van der Waals surface area contributed by atoms with Crippen molar-refractivity contribution in [2.75, 3.05) is 0 Å². The largest absolute Gasteiger partial charge is 0.443 e. The highest BCUT2D eigenvalue weighted by atomic mass is 35.5. The maximum absolute atomic E-state index is 10.1. The third kappa shape index (κ3) is 2.46. The summed E-state index contributed by atoms with van der Waals surface area (Å²) in [6.07, 6.45) is 0. The van der Waals surface area contributed by atoms with E-state index in [1.807, 2.05) is 43.3 Å². The SMILES string of the molecule is Cc1ccc(B(O)c2ccc(Cl)cc2)cc1. The van der Waals surface area contributed by atoms with Crippen LogP contribution in [0.15, 0.2) is 48.5 Å². The average molecular weight is 231 g/mol. The van der Waals surface area contributed by atoms with Crippen LogP contribution < -0.4 is 10.9 Å². The van der Waals surface area contributed by atoms with E-state index in [0.717, 1.165) is 10.9 Å². The predicted molar refractivity (Wildman–Crippen MR) is 69.9 cm³/mol. The van der Waals surface area contributed by atoms with Gasteiger partial charge in [0.2, 0.25) is 0 Å². The fourth-order valence-electron chi connectivity index (χ4n) is 1.59. The lowest BCUT2D eigenvalue weighted by Gasteiger charge is -2.07. The van der Waals surface area contributed by atoms with Gasteiger partial charge < -0.3 is 5.02 Å². The molecule has 2 aromatic carbocycles. The van der Waals surface area contributed by atoms with Crippen molar-refractivity contribution >= 4 is 29.4 Å². The summed E-state index contributed by atoms with van der Waals surface area (Å²) in [5, 5.41) is 10.8. The molecule has 2 rings (SSSR count). The molecule has 0 aliphatic heterocycles. The lowest BCUT2D eigenvalue weighted by Crippen LogP contribution is -2.42. The second-order valence-corrected chi connectivity index (χ2v) is 4.30. The third-order valence-corrected chi connectivity index (χ3v) is 2.83. The second-order valence-electron chi connectivity index (χ2n) is 3.86. The molecule has 16 heavy (non-hydrogen) atoms. The zero-order valence-corrected chi connectivity index (χ0v) is 9.78. The van der Waals surface area contributed by atoms with Crippen LogP contribution in [0.5, 0.6) is 0 Å². The maximum atomic E-state index is 10.1. The van der Waals surface area contributed by atoms with Crippen LogP contribution >= 0.6 is 11.6 Å². The number of halogens is 1. The molecular weight excluding hydrogens is 218 g/mol. The Morgan fingerprint density at radius 3 is 1.81 bits per heavy atom. The summed E-state index contributed by atoms with van der Waals surface area (Å²) in [6.45, 7) is 1.44. The summed E-state index contributed by atoms with van der Waals surface area (Å²) in [5.41, 5.74) is 2.94. The van der Waals surface area contributed by atoms with Gasteiger partial charge in [-0.25, -0.2) is 0 Å². The van der Waals surface area contributed by atoms with Crippen LogP contribution in [0.25, 0.3) is 0 Å². The molecule has 0 amide bonds. The van der Waals surface area contributed by atoms with E-state index in [2.05, 4.69) is 0 Å². The highest BCUT2D eigenvalue weighted by molar-refractivity contribution is 6.78. The van der Waals surface area contributed by atoms with Crippen molar-refractivity contribution in [2.24, 2.45) is 0 Å². The maximum Gasteiger partial charge on any atom is 0.358 e. The molecule has 2 aromatic rings. The highest BCUT2D eigenvalue weighted by Gasteiger charge is 2.15. The molecule has 3 heteroatoms. The predicted octanol–water partition coefficient (Wildman–Crippen LogP) is 1.75. The van der Waals surface area contributed by atoms with Crippen molar-refractivity contribution in [2.45, 2.75) is 6.92 Å². The molecule has 0 fully saturated rings. The monoisotopic (exact) mass is 230 g/mol. The van der Waals surface area contributed by atoms with E-state index in [0.29, 0.717) is 5.02 Å². The molecule has 0 bridgehead atoms. The molecule has 0 spiro atoms. The molecule has 1 nitrogen and oxygen atoms in total. The summed E-state index contributed by atoms with van der Waals surface area (Å²) in [6, 6.07) is 15.1. The minimum atomic E-state index is -0.585. The molecule has 0 saturated heterocycles. The number of benzene rings is 2. The van der Waals surface area contributed by atoms with Gasteiger partial charge in [-0.2, -0.15) is 0 Å². The van der Waals surface area contributed by atoms with Crippen LogP contribution in [0.4, 0.5) is 0 Å². The van der Waals surface area contributed by atoms with E-state index >= 15 is 0 Å². The first-order valence-electron chi connectivity index (χ1n) is 5.17. The summed E-state index contributed by atoms with van der Waals surface area (Å²) in [5.74, 6) is 0. The van der Waals surface area contributed by atoms with E-state index in [9.17, 15) is 5.02 Å². The molecule has 1 N–H and O–H groups in total. The molecule has 0 aromatic heterocycles. The molecule has 0 atom stereocenters. The summed E-state index contributed by atoms with van der Waals surface area (Å²) >= 11 is 5.80. The fraction of sp³-hybridized carbons (Fsp3) is 0.0769. The average Bonchev–Trinajstić information content (AvgIpc) is 2.30. The lowest BCUT2D eigenvalue weighted by atomic mass is 9.56. The Morgan fingerprint density at radius 2 is 1.31 bits per heavy atom. The molecule has 0 aliphatic rings. The van der Waals surface area contributed by atoms with Crippen molar-refractivity contribution in [1.82, 2.24) is 0 Å². The molecule has 0 aliphatic carbocycles. The smallest absolute Gasteiger partial charge is 0.358 e. The van der Waals surface area contributed by atoms with Gasteiger partial charge in [0.05, 0.1) is 0 Å². The fourth-order valence-corrected chi connectivity index (χ4v) is 1.71. The number of rotatable bonds is 2. The van der Waals surface area contributed by atoms with Crippen molar-refractivity contribution < 1.29 is 5.02 Å². The quantitative estimate of drug-likeness (QED) is 0.780. The van der Waals surface area contributed by atoms with Crippen LogP contribution in [-0.2, 0) is 0 Å². The lowest BCUT2D eigenvalue weighted by molar-refractivity contribution is 0.600. The van der Waals surface area contributed by atoms with Crippen LogP contribution in [-0.4, -0.2) is 11.9 Å². The van der Waals surface area contributed by atoms with Gasteiger partial charge in [-0.15, -0.1) is 0 Å². The highest BCUT2D eigenvalue weighted by Crippen LogP contribution is 2.04. The third-order valence-electron chi connectivity index (χ3n) is 2.58. The number of aryl methyl sites for hydroxylation is 1. The zero-order chi connectivity index (χ0) is 11.5. The van der Waals surface area contributed by atoms with Gasteiger partial charge in [0, 0.05) is 5.02 Å². The first kappa shape index (κ1) is 11.2. The van der Waals surface area contributed by atoms with Crippen LogP contribution in [0.2, 0.25) is 5.02 Å². The van der Waals surface area contributed by atoms with Crippen LogP contribution in [0.3, 0.4) is 0 Å².